The van der Waals surface area contributed by atoms with Crippen LogP contribution < -0.4 is 20.5 Å². The van der Waals surface area contributed by atoms with E-state index in [-0.39, 0.29) is 0 Å². The van der Waals surface area contributed by atoms with Crippen LogP contribution in [-0.2, 0) is 0 Å². The van der Waals surface area contributed by atoms with Crippen molar-refractivity contribution in [3.05, 3.63) is 24.3 Å². The zero-order valence-corrected chi connectivity index (χ0v) is 11.0. The first-order valence-electron chi connectivity index (χ1n) is 6.07. The predicted octanol–water partition coefficient (Wildman–Crippen LogP) is 1.39. The van der Waals surface area contributed by atoms with Crippen LogP contribution in [-0.4, -0.2) is 32.8 Å². The summed E-state index contributed by atoms with van der Waals surface area (Å²) in [6, 6.07) is 7.49. The number of nitrogens with one attached hydrogen (secondary N) is 1. The highest BCUT2D eigenvalue weighted by atomic mass is 16.5. The number of methoxy groups -OCH3 is 1. The van der Waals surface area contributed by atoms with Gasteiger partial charge in [-0.2, -0.15) is 0 Å². The quantitative estimate of drug-likeness (QED) is 0.436. The van der Waals surface area contributed by atoms with Crippen LogP contribution in [0.1, 0.15) is 13.3 Å². The lowest BCUT2D eigenvalue weighted by molar-refractivity contribution is 0.319. The third-order valence-corrected chi connectivity index (χ3v) is 2.22. The van der Waals surface area contributed by atoms with Crippen LogP contribution in [0.4, 0.5) is 0 Å². The van der Waals surface area contributed by atoms with Crippen LogP contribution in [0, 0.1) is 0 Å². The molecule has 0 aliphatic carbocycles. The Morgan fingerprint density at radius 1 is 1.39 bits per heavy atom. The number of hydrogen-bond acceptors (Lipinski definition) is 3. The molecule has 1 aromatic rings. The van der Waals surface area contributed by atoms with Gasteiger partial charge in [0.1, 0.15) is 18.1 Å². The molecule has 0 atom stereocenters. The lowest BCUT2D eigenvalue weighted by atomic mass is 10.3. The van der Waals surface area contributed by atoms with Gasteiger partial charge in [0.25, 0.3) is 0 Å². The molecule has 0 radical (unpaired) electrons. The Hall–Kier alpha value is -1.91. The van der Waals surface area contributed by atoms with Gasteiger partial charge in [0, 0.05) is 12.6 Å². The van der Waals surface area contributed by atoms with E-state index in [9.17, 15) is 0 Å². The average molecular weight is 251 g/mol. The maximum absolute atomic E-state index is 5.65. The van der Waals surface area contributed by atoms with Gasteiger partial charge in [-0.05, 0) is 18.6 Å². The van der Waals surface area contributed by atoms with E-state index >= 15 is 0 Å². The normalized spacial score (nSPS) is 11.1. The van der Waals surface area contributed by atoms with Crippen molar-refractivity contribution in [3.8, 4) is 11.5 Å². The van der Waals surface area contributed by atoms with E-state index < -0.39 is 0 Å². The molecule has 100 valence electrons. The van der Waals surface area contributed by atoms with Crippen LogP contribution in [0.5, 0.6) is 11.5 Å². The Morgan fingerprint density at radius 3 is 2.89 bits per heavy atom. The van der Waals surface area contributed by atoms with Crippen molar-refractivity contribution < 1.29 is 9.47 Å². The van der Waals surface area contributed by atoms with E-state index in [0.29, 0.717) is 19.1 Å². The van der Waals surface area contributed by atoms with Crippen molar-refractivity contribution in [1.29, 1.82) is 0 Å². The van der Waals surface area contributed by atoms with Crippen molar-refractivity contribution >= 4 is 5.96 Å². The lowest BCUT2D eigenvalue weighted by Crippen LogP contribution is -2.34. The summed E-state index contributed by atoms with van der Waals surface area (Å²) in [4.78, 5) is 4.12. The number of guanidine groups is 1. The molecule has 0 aliphatic heterocycles. The second kappa shape index (κ2) is 8.22. The molecule has 18 heavy (non-hydrogen) atoms. The number of nitrogens with two attached hydrogens (primary N) is 1. The van der Waals surface area contributed by atoms with Crippen molar-refractivity contribution in [2.45, 2.75) is 13.3 Å². The molecule has 0 aliphatic rings. The second-order valence-corrected chi connectivity index (χ2v) is 3.72. The molecule has 0 saturated carbocycles. The third kappa shape index (κ3) is 5.43. The molecule has 0 unspecified atom stereocenters. The minimum Gasteiger partial charge on any atom is -0.497 e. The predicted molar refractivity (Wildman–Crippen MR) is 73.3 cm³/mol. The molecule has 0 bridgehead atoms. The highest BCUT2D eigenvalue weighted by Gasteiger charge is 1.96. The monoisotopic (exact) mass is 251 g/mol. The summed E-state index contributed by atoms with van der Waals surface area (Å²) in [5.74, 6) is 2.02. The zero-order chi connectivity index (χ0) is 13.2. The van der Waals surface area contributed by atoms with Gasteiger partial charge < -0.3 is 20.5 Å². The van der Waals surface area contributed by atoms with Gasteiger partial charge in [-0.25, -0.2) is 0 Å². The zero-order valence-electron chi connectivity index (χ0n) is 11.0. The molecule has 1 rings (SSSR count). The van der Waals surface area contributed by atoms with Crippen LogP contribution in [0.25, 0.3) is 0 Å². The second-order valence-electron chi connectivity index (χ2n) is 3.72. The summed E-state index contributed by atoms with van der Waals surface area (Å²) in [6.07, 6.45) is 0.989. The van der Waals surface area contributed by atoms with Crippen molar-refractivity contribution in [2.75, 3.05) is 26.8 Å². The van der Waals surface area contributed by atoms with E-state index in [1.807, 2.05) is 24.3 Å². The molecule has 0 fully saturated rings. The number of aliphatic imine (C=N–C) groups is 1. The Labute approximate surface area is 108 Å². The van der Waals surface area contributed by atoms with Gasteiger partial charge in [-0.3, -0.25) is 4.99 Å². The molecule has 5 heteroatoms. The summed E-state index contributed by atoms with van der Waals surface area (Å²) in [5, 5.41) is 2.99. The Bertz CT molecular complexity index is 380. The largest absolute Gasteiger partial charge is 0.497 e. The number of ether oxygens (including phenoxy) is 2. The SMILES string of the molecule is CCCN=C(N)NCCOc1cccc(OC)c1. The molecule has 0 saturated heterocycles. The van der Waals surface area contributed by atoms with E-state index in [4.69, 9.17) is 15.2 Å². The van der Waals surface area contributed by atoms with Crippen molar-refractivity contribution in [3.63, 3.8) is 0 Å². The molecule has 0 aromatic heterocycles. The summed E-state index contributed by atoms with van der Waals surface area (Å²) in [5.41, 5.74) is 5.65. The van der Waals surface area contributed by atoms with E-state index in [0.717, 1.165) is 24.5 Å². The average Bonchev–Trinajstić information content (AvgIpc) is 2.41. The molecular weight excluding hydrogens is 230 g/mol. The summed E-state index contributed by atoms with van der Waals surface area (Å²) >= 11 is 0. The Morgan fingerprint density at radius 2 is 2.17 bits per heavy atom. The minimum atomic E-state index is 0.464. The van der Waals surface area contributed by atoms with E-state index in [1.54, 1.807) is 7.11 Å². The smallest absolute Gasteiger partial charge is 0.188 e. The molecule has 1 aromatic carbocycles. The van der Waals surface area contributed by atoms with E-state index in [1.165, 1.54) is 0 Å². The highest BCUT2D eigenvalue weighted by molar-refractivity contribution is 5.77. The van der Waals surface area contributed by atoms with Gasteiger partial charge in [-0.1, -0.05) is 13.0 Å². The molecule has 0 spiro atoms. The van der Waals surface area contributed by atoms with Crippen LogP contribution in [0.2, 0.25) is 0 Å². The summed E-state index contributed by atoms with van der Waals surface area (Å²) in [6.45, 7) is 3.95. The van der Waals surface area contributed by atoms with Crippen molar-refractivity contribution in [2.24, 2.45) is 10.7 Å². The molecule has 0 amide bonds. The maximum Gasteiger partial charge on any atom is 0.188 e. The summed E-state index contributed by atoms with van der Waals surface area (Å²) in [7, 11) is 1.63. The maximum atomic E-state index is 5.65. The number of hydrogen-bond donors (Lipinski definition) is 2. The van der Waals surface area contributed by atoms with Crippen LogP contribution >= 0.6 is 0 Å². The van der Waals surface area contributed by atoms with Gasteiger partial charge in [0.2, 0.25) is 0 Å². The number of nitrogens with zero attached hydrogens (tertiary/aromatic N) is 1. The number of benzene rings is 1. The van der Waals surface area contributed by atoms with Crippen LogP contribution in [0.15, 0.2) is 29.3 Å². The first kappa shape index (κ1) is 14.2. The van der Waals surface area contributed by atoms with Gasteiger partial charge in [0.05, 0.1) is 13.7 Å². The fourth-order valence-corrected chi connectivity index (χ4v) is 1.33. The fraction of sp³-hybridized carbons (Fsp3) is 0.462. The topological polar surface area (TPSA) is 68.9 Å². The molecule has 0 heterocycles. The third-order valence-electron chi connectivity index (χ3n) is 2.22. The Kier molecular flexibility index (Phi) is 6.46. The Balaban J connectivity index is 2.25. The molecular formula is C13H21N3O2. The fourth-order valence-electron chi connectivity index (χ4n) is 1.33. The van der Waals surface area contributed by atoms with E-state index in [2.05, 4.69) is 17.2 Å². The van der Waals surface area contributed by atoms with Gasteiger partial charge in [-0.15, -0.1) is 0 Å². The molecule has 5 nitrogen and oxygen atoms in total. The lowest BCUT2D eigenvalue weighted by Gasteiger charge is -2.09. The van der Waals surface area contributed by atoms with Crippen LogP contribution in [0.3, 0.4) is 0 Å². The minimum absolute atomic E-state index is 0.464. The number of rotatable bonds is 7. The standard InChI is InChI=1S/C13H21N3O2/c1-3-7-15-13(14)16-8-9-18-12-6-4-5-11(10-12)17-2/h4-6,10H,3,7-9H2,1-2H3,(H3,14,15,16). The van der Waals surface area contributed by atoms with Gasteiger partial charge >= 0.3 is 0 Å². The van der Waals surface area contributed by atoms with Gasteiger partial charge in [0.15, 0.2) is 5.96 Å². The first-order chi connectivity index (χ1) is 8.76. The highest BCUT2D eigenvalue weighted by Crippen LogP contribution is 2.18. The molecule has 3 N–H and O–H groups in total. The summed E-state index contributed by atoms with van der Waals surface area (Å²) < 4.78 is 10.7. The first-order valence-corrected chi connectivity index (χ1v) is 6.07. The van der Waals surface area contributed by atoms with Crippen molar-refractivity contribution in [1.82, 2.24) is 5.32 Å².